The number of ether oxygens (including phenoxy) is 1. The molecule has 0 amide bonds. The van der Waals surface area contributed by atoms with E-state index < -0.39 is 23.4 Å². The van der Waals surface area contributed by atoms with E-state index in [1.165, 1.54) is 25.4 Å². The van der Waals surface area contributed by atoms with Gasteiger partial charge in [0, 0.05) is 29.1 Å². The summed E-state index contributed by atoms with van der Waals surface area (Å²) in [6.45, 7) is 0. The van der Waals surface area contributed by atoms with Crippen molar-refractivity contribution in [1.29, 1.82) is 0 Å². The van der Waals surface area contributed by atoms with Gasteiger partial charge < -0.3 is 4.74 Å². The Labute approximate surface area is 196 Å². The molecule has 0 spiro atoms. The van der Waals surface area contributed by atoms with Crippen molar-refractivity contribution in [1.82, 2.24) is 14.4 Å². The van der Waals surface area contributed by atoms with Gasteiger partial charge >= 0.3 is 6.18 Å². The number of hydrogen-bond donors (Lipinski definition) is 0. The molecule has 2 aromatic heterocycles. The molecular weight excluding hydrogens is 465 g/mol. The van der Waals surface area contributed by atoms with Crippen LogP contribution < -0.4 is 4.74 Å². The van der Waals surface area contributed by atoms with Crippen molar-refractivity contribution in [3.63, 3.8) is 0 Å². The second-order valence-corrected chi connectivity index (χ2v) is 7.76. The smallest absolute Gasteiger partial charge is 0.416 e. The number of benzene rings is 3. The summed E-state index contributed by atoms with van der Waals surface area (Å²) in [5.41, 5.74) is 1.80. The quantitative estimate of drug-likeness (QED) is 0.259. The van der Waals surface area contributed by atoms with E-state index in [4.69, 9.17) is 4.74 Å². The molecule has 0 unspecified atom stereocenters. The van der Waals surface area contributed by atoms with Gasteiger partial charge in [-0.25, -0.2) is 18.7 Å². The molecule has 0 fully saturated rings. The number of alkyl halides is 3. The SMILES string of the molecule is COc1ccc(-c2c(-c3ccc(F)c(F)c3)nc3ncc(-c4cccc(C(F)(F)F)c4)cn23)cc1. The number of methoxy groups -OCH3 is 1. The Kier molecular flexibility index (Phi) is 5.47. The first-order valence-electron chi connectivity index (χ1n) is 10.4. The van der Waals surface area contributed by atoms with Crippen LogP contribution in [0, 0.1) is 11.6 Å². The van der Waals surface area contributed by atoms with Gasteiger partial charge in [0.25, 0.3) is 0 Å². The summed E-state index contributed by atoms with van der Waals surface area (Å²) in [4.78, 5) is 8.85. The van der Waals surface area contributed by atoms with E-state index >= 15 is 0 Å². The molecule has 0 atom stereocenters. The Morgan fingerprint density at radius 1 is 0.800 bits per heavy atom. The normalized spacial score (nSPS) is 11.7. The summed E-state index contributed by atoms with van der Waals surface area (Å²) in [7, 11) is 1.53. The molecule has 0 aliphatic carbocycles. The van der Waals surface area contributed by atoms with Crippen LogP contribution in [0.3, 0.4) is 0 Å². The first kappa shape index (κ1) is 22.5. The summed E-state index contributed by atoms with van der Waals surface area (Å²) in [6, 6.07) is 15.4. The van der Waals surface area contributed by atoms with Crippen LogP contribution in [0.5, 0.6) is 5.75 Å². The standard InChI is InChI=1S/C26H16F5N3O/c1-35-20-8-5-15(6-9-20)24-23(17-7-10-21(27)22(28)12-17)33-25-32-13-18(14-34(24)25)16-3-2-4-19(11-16)26(29,30)31/h2-14H,1H3. The van der Waals surface area contributed by atoms with Crippen molar-refractivity contribution in [2.45, 2.75) is 6.18 Å². The average Bonchev–Trinajstić information content (AvgIpc) is 3.24. The summed E-state index contributed by atoms with van der Waals surface area (Å²) in [5, 5.41) is 0. The van der Waals surface area contributed by atoms with E-state index in [-0.39, 0.29) is 5.78 Å². The second-order valence-electron chi connectivity index (χ2n) is 7.76. The maximum atomic E-state index is 14.0. The molecule has 0 saturated heterocycles. The molecule has 0 aliphatic rings. The lowest BCUT2D eigenvalue weighted by atomic mass is 10.0. The molecule has 35 heavy (non-hydrogen) atoms. The fraction of sp³-hybridized carbons (Fsp3) is 0.0769. The Morgan fingerprint density at radius 2 is 1.54 bits per heavy atom. The number of hydrogen-bond acceptors (Lipinski definition) is 3. The monoisotopic (exact) mass is 481 g/mol. The van der Waals surface area contributed by atoms with Gasteiger partial charge in [0.2, 0.25) is 5.78 Å². The van der Waals surface area contributed by atoms with Crippen LogP contribution in [0.1, 0.15) is 5.56 Å². The highest BCUT2D eigenvalue weighted by Crippen LogP contribution is 2.36. The van der Waals surface area contributed by atoms with Crippen LogP contribution in [0.25, 0.3) is 39.4 Å². The molecule has 3 aromatic carbocycles. The predicted molar refractivity (Wildman–Crippen MR) is 121 cm³/mol. The maximum absolute atomic E-state index is 14.0. The molecule has 0 radical (unpaired) electrons. The third-order valence-electron chi connectivity index (χ3n) is 5.56. The Morgan fingerprint density at radius 3 is 2.23 bits per heavy atom. The van der Waals surface area contributed by atoms with Gasteiger partial charge in [-0.15, -0.1) is 0 Å². The zero-order valence-corrected chi connectivity index (χ0v) is 18.1. The highest BCUT2D eigenvalue weighted by atomic mass is 19.4. The lowest BCUT2D eigenvalue weighted by Crippen LogP contribution is -2.04. The first-order valence-corrected chi connectivity index (χ1v) is 10.4. The maximum Gasteiger partial charge on any atom is 0.416 e. The lowest BCUT2D eigenvalue weighted by Gasteiger charge is -2.10. The highest BCUT2D eigenvalue weighted by molar-refractivity contribution is 5.82. The Balaban J connectivity index is 1.74. The van der Waals surface area contributed by atoms with Crippen LogP contribution in [-0.4, -0.2) is 21.5 Å². The van der Waals surface area contributed by atoms with Crippen LogP contribution in [0.4, 0.5) is 22.0 Å². The van der Waals surface area contributed by atoms with Gasteiger partial charge in [-0.2, -0.15) is 13.2 Å². The van der Waals surface area contributed by atoms with Gasteiger partial charge in [0.05, 0.1) is 24.1 Å². The van der Waals surface area contributed by atoms with Crippen LogP contribution in [0.2, 0.25) is 0 Å². The van der Waals surface area contributed by atoms with E-state index in [2.05, 4.69) is 9.97 Å². The molecule has 9 heteroatoms. The van der Waals surface area contributed by atoms with Gasteiger partial charge in [0.15, 0.2) is 11.6 Å². The molecule has 0 saturated carbocycles. The van der Waals surface area contributed by atoms with Crippen molar-refractivity contribution in [2.75, 3.05) is 7.11 Å². The zero-order chi connectivity index (χ0) is 24.7. The van der Waals surface area contributed by atoms with Crippen LogP contribution in [0.15, 0.2) is 79.1 Å². The average molecular weight is 481 g/mol. The largest absolute Gasteiger partial charge is 0.497 e. The highest BCUT2D eigenvalue weighted by Gasteiger charge is 2.30. The second kappa shape index (κ2) is 8.50. The van der Waals surface area contributed by atoms with Crippen molar-refractivity contribution >= 4 is 5.78 Å². The molecule has 0 aliphatic heterocycles. The molecule has 5 rings (SSSR count). The third kappa shape index (κ3) is 4.21. The number of imidazole rings is 1. The van der Waals surface area contributed by atoms with Crippen molar-refractivity contribution in [3.8, 4) is 39.4 Å². The first-order chi connectivity index (χ1) is 16.7. The zero-order valence-electron chi connectivity index (χ0n) is 18.1. The minimum Gasteiger partial charge on any atom is -0.497 e. The predicted octanol–water partition coefficient (Wildman–Crippen LogP) is 7.04. The van der Waals surface area contributed by atoms with Gasteiger partial charge in [-0.05, 0) is 60.2 Å². The van der Waals surface area contributed by atoms with Gasteiger partial charge in [0.1, 0.15) is 5.75 Å². The minimum absolute atomic E-state index is 0.242. The lowest BCUT2D eigenvalue weighted by molar-refractivity contribution is -0.137. The molecule has 2 heterocycles. The summed E-state index contributed by atoms with van der Waals surface area (Å²) in [6.07, 6.45) is -1.45. The number of aromatic nitrogens is 3. The van der Waals surface area contributed by atoms with Crippen LogP contribution in [-0.2, 0) is 6.18 Å². The molecule has 4 nitrogen and oxygen atoms in total. The fourth-order valence-electron chi connectivity index (χ4n) is 3.83. The van der Waals surface area contributed by atoms with E-state index in [0.29, 0.717) is 39.4 Å². The number of rotatable bonds is 4. The van der Waals surface area contributed by atoms with Crippen molar-refractivity contribution < 1.29 is 26.7 Å². The molecule has 5 aromatic rings. The Hall–Kier alpha value is -4.27. The van der Waals surface area contributed by atoms with Crippen LogP contribution >= 0.6 is 0 Å². The third-order valence-corrected chi connectivity index (χ3v) is 5.56. The van der Waals surface area contributed by atoms with E-state index in [1.54, 1.807) is 40.9 Å². The molecule has 176 valence electrons. The van der Waals surface area contributed by atoms with E-state index in [1.807, 2.05) is 0 Å². The molecular formula is C26H16F5N3O. The minimum atomic E-state index is -4.49. The molecule has 0 bridgehead atoms. The Bertz CT molecular complexity index is 1540. The van der Waals surface area contributed by atoms with Gasteiger partial charge in [-0.3, -0.25) is 4.40 Å². The number of fused-ring (bicyclic) bond motifs is 1. The topological polar surface area (TPSA) is 39.4 Å². The van der Waals surface area contributed by atoms with Crippen molar-refractivity contribution in [3.05, 3.63) is 96.3 Å². The molecule has 0 N–H and O–H groups in total. The summed E-state index contributed by atoms with van der Waals surface area (Å²) in [5.74, 6) is -1.17. The summed E-state index contributed by atoms with van der Waals surface area (Å²) >= 11 is 0. The fourth-order valence-corrected chi connectivity index (χ4v) is 3.83. The number of nitrogens with zero attached hydrogens (tertiary/aromatic N) is 3. The number of halogens is 5. The van der Waals surface area contributed by atoms with E-state index in [9.17, 15) is 22.0 Å². The van der Waals surface area contributed by atoms with Gasteiger partial charge in [-0.1, -0.05) is 12.1 Å². The van der Waals surface area contributed by atoms with E-state index in [0.717, 1.165) is 24.3 Å². The van der Waals surface area contributed by atoms with Crippen molar-refractivity contribution in [2.24, 2.45) is 0 Å². The summed E-state index contributed by atoms with van der Waals surface area (Å²) < 4.78 is 74.2.